The molecule has 1 fully saturated rings. The lowest BCUT2D eigenvalue weighted by atomic mass is 10.1. The van der Waals surface area contributed by atoms with Crippen molar-refractivity contribution in [3.8, 4) is 5.75 Å². The van der Waals surface area contributed by atoms with Crippen molar-refractivity contribution >= 4 is 43.5 Å². The number of imide groups is 1. The molecule has 2 aromatic carbocycles. The summed E-state index contributed by atoms with van der Waals surface area (Å²) in [7, 11) is -2.59. The third kappa shape index (κ3) is 2.24. The number of methoxy groups -OCH3 is 1. The smallest absolute Gasteiger partial charge is 0.287 e. The van der Waals surface area contributed by atoms with Crippen molar-refractivity contribution in [2.75, 3.05) is 7.11 Å². The van der Waals surface area contributed by atoms with Gasteiger partial charge in [0.2, 0.25) is 9.84 Å². The first-order chi connectivity index (χ1) is 10.4. The molecular formula is C14H11NO5S2. The SMILES string of the molecule is COc1cccc2cccc(S(=O)(=O)C3SC(=O)NC3=O)c12. The van der Waals surface area contributed by atoms with Gasteiger partial charge in [0.25, 0.3) is 11.1 Å². The molecule has 0 radical (unpaired) electrons. The van der Waals surface area contributed by atoms with Crippen molar-refractivity contribution in [3.63, 3.8) is 0 Å². The monoisotopic (exact) mass is 337 g/mol. The van der Waals surface area contributed by atoms with Gasteiger partial charge in [-0.05, 0) is 29.3 Å². The van der Waals surface area contributed by atoms with Crippen LogP contribution in [0, 0.1) is 0 Å². The number of nitrogens with one attached hydrogen (secondary N) is 1. The maximum atomic E-state index is 12.8. The molecule has 6 nitrogen and oxygen atoms in total. The second-order valence-electron chi connectivity index (χ2n) is 4.59. The molecule has 1 unspecified atom stereocenters. The normalized spacial score (nSPS) is 18.5. The van der Waals surface area contributed by atoms with Crippen LogP contribution in [-0.2, 0) is 14.6 Å². The maximum Gasteiger partial charge on any atom is 0.287 e. The van der Waals surface area contributed by atoms with Crippen molar-refractivity contribution in [2.45, 2.75) is 9.48 Å². The summed E-state index contributed by atoms with van der Waals surface area (Å²) in [5.41, 5.74) is 0. The number of thioether (sulfide) groups is 1. The molecule has 0 saturated carbocycles. The Hall–Kier alpha value is -2.06. The minimum atomic E-state index is -4.03. The zero-order valence-corrected chi connectivity index (χ0v) is 13.0. The molecule has 1 heterocycles. The average molecular weight is 337 g/mol. The topological polar surface area (TPSA) is 89.5 Å². The Morgan fingerprint density at radius 1 is 1.14 bits per heavy atom. The van der Waals surface area contributed by atoms with Crippen LogP contribution in [0.3, 0.4) is 0 Å². The van der Waals surface area contributed by atoms with Crippen molar-refractivity contribution in [2.24, 2.45) is 0 Å². The fourth-order valence-corrected chi connectivity index (χ4v) is 5.28. The lowest BCUT2D eigenvalue weighted by Gasteiger charge is -2.13. The van der Waals surface area contributed by atoms with Gasteiger partial charge >= 0.3 is 0 Å². The van der Waals surface area contributed by atoms with E-state index in [4.69, 9.17) is 4.74 Å². The highest BCUT2D eigenvalue weighted by atomic mass is 32.3. The molecule has 2 amide bonds. The van der Waals surface area contributed by atoms with Gasteiger partial charge in [-0.25, -0.2) is 8.42 Å². The Bertz CT molecular complexity index is 886. The Balaban J connectivity index is 2.26. The molecule has 1 atom stereocenters. The van der Waals surface area contributed by atoms with Gasteiger partial charge in [-0.15, -0.1) is 0 Å². The van der Waals surface area contributed by atoms with Crippen molar-refractivity contribution in [1.82, 2.24) is 5.32 Å². The van der Waals surface area contributed by atoms with Crippen LogP contribution in [0.4, 0.5) is 4.79 Å². The van der Waals surface area contributed by atoms with Crippen LogP contribution < -0.4 is 10.1 Å². The number of benzene rings is 2. The van der Waals surface area contributed by atoms with Crippen LogP contribution in [0.5, 0.6) is 5.75 Å². The lowest BCUT2D eigenvalue weighted by Crippen LogP contribution is -2.30. The molecule has 0 aromatic heterocycles. The minimum absolute atomic E-state index is 0.0233. The van der Waals surface area contributed by atoms with E-state index in [2.05, 4.69) is 0 Å². The Morgan fingerprint density at radius 2 is 1.82 bits per heavy atom. The zero-order chi connectivity index (χ0) is 15.9. The highest BCUT2D eigenvalue weighted by molar-refractivity contribution is 8.24. The highest BCUT2D eigenvalue weighted by Crippen LogP contribution is 2.36. The second kappa shape index (κ2) is 5.29. The van der Waals surface area contributed by atoms with Crippen LogP contribution in [0.2, 0.25) is 0 Å². The largest absolute Gasteiger partial charge is 0.496 e. The molecule has 1 aliphatic rings. The number of rotatable bonds is 3. The molecule has 1 saturated heterocycles. The predicted octanol–water partition coefficient (Wildman–Crippen LogP) is 1.93. The first-order valence-corrected chi connectivity index (χ1v) is 8.69. The van der Waals surface area contributed by atoms with Crippen LogP contribution in [0.1, 0.15) is 0 Å². The molecule has 0 bridgehead atoms. The number of carbonyl (C=O) groups excluding carboxylic acids is 2. The summed E-state index contributed by atoms with van der Waals surface area (Å²) in [5, 5.41) is 2.41. The number of hydrogen-bond donors (Lipinski definition) is 1. The third-order valence-corrected chi connectivity index (χ3v) is 6.81. The highest BCUT2D eigenvalue weighted by Gasteiger charge is 2.43. The van der Waals surface area contributed by atoms with E-state index in [1.807, 2.05) is 5.32 Å². The van der Waals surface area contributed by atoms with Crippen LogP contribution in [0.15, 0.2) is 41.3 Å². The molecular weight excluding hydrogens is 326 g/mol. The first-order valence-electron chi connectivity index (χ1n) is 6.26. The minimum Gasteiger partial charge on any atom is -0.496 e. The summed E-state index contributed by atoms with van der Waals surface area (Å²) < 4.78 is 29.3. The third-order valence-electron chi connectivity index (χ3n) is 3.29. The molecule has 1 N–H and O–H groups in total. The number of hydrogen-bond acceptors (Lipinski definition) is 6. The molecule has 1 aliphatic heterocycles. The fourth-order valence-electron chi connectivity index (χ4n) is 2.34. The van der Waals surface area contributed by atoms with Crippen LogP contribution in [-0.4, -0.2) is 31.3 Å². The van der Waals surface area contributed by atoms with E-state index >= 15 is 0 Å². The number of fused-ring (bicyclic) bond motifs is 1. The number of carbonyl (C=O) groups is 2. The molecule has 3 rings (SSSR count). The van der Waals surface area contributed by atoms with E-state index in [-0.39, 0.29) is 4.90 Å². The quantitative estimate of drug-likeness (QED) is 0.920. The summed E-state index contributed by atoms with van der Waals surface area (Å²) in [5.74, 6) is -0.423. The molecule has 0 aliphatic carbocycles. The van der Waals surface area contributed by atoms with Crippen LogP contribution in [0.25, 0.3) is 10.8 Å². The maximum absolute atomic E-state index is 12.8. The fraction of sp³-hybridized carbons (Fsp3) is 0.143. The van der Waals surface area contributed by atoms with Crippen molar-refractivity contribution < 1.29 is 22.7 Å². The van der Waals surface area contributed by atoms with E-state index in [9.17, 15) is 18.0 Å². The summed E-state index contributed by atoms with van der Waals surface area (Å²) in [4.78, 5) is 23.0. The summed E-state index contributed by atoms with van der Waals surface area (Å²) >= 11 is 0.469. The summed E-state index contributed by atoms with van der Waals surface area (Å²) in [6.07, 6.45) is 0. The van der Waals surface area contributed by atoms with Gasteiger partial charge < -0.3 is 4.74 Å². The molecule has 8 heteroatoms. The standard InChI is InChI=1S/C14H11NO5S2/c1-20-9-6-2-4-8-5-3-7-10(11(8)9)22(18,19)13-12(16)15-14(17)21-13/h2-7,13H,1H3,(H,15,16,17). The molecule has 0 spiro atoms. The first kappa shape index (κ1) is 14.9. The second-order valence-corrected chi connectivity index (χ2v) is 7.96. The average Bonchev–Trinajstić information content (AvgIpc) is 2.85. The number of amides is 2. The van der Waals surface area contributed by atoms with E-state index < -0.39 is 25.6 Å². The Kier molecular flexibility index (Phi) is 3.57. The Morgan fingerprint density at radius 3 is 2.41 bits per heavy atom. The van der Waals surface area contributed by atoms with Crippen molar-refractivity contribution in [3.05, 3.63) is 36.4 Å². The van der Waals surface area contributed by atoms with Crippen molar-refractivity contribution in [1.29, 1.82) is 0 Å². The van der Waals surface area contributed by atoms with Gasteiger partial charge in [0.1, 0.15) is 5.75 Å². The van der Waals surface area contributed by atoms with Crippen LogP contribution >= 0.6 is 11.8 Å². The van der Waals surface area contributed by atoms with E-state index in [1.165, 1.54) is 13.2 Å². The zero-order valence-electron chi connectivity index (χ0n) is 11.4. The molecule has 114 valence electrons. The van der Waals surface area contributed by atoms with Gasteiger partial charge in [-0.1, -0.05) is 24.3 Å². The summed E-state index contributed by atoms with van der Waals surface area (Å²) in [6.45, 7) is 0. The van der Waals surface area contributed by atoms with Gasteiger partial charge in [-0.2, -0.15) is 0 Å². The number of sulfone groups is 1. The Labute approximate surface area is 130 Å². The van der Waals surface area contributed by atoms with Gasteiger partial charge in [0.05, 0.1) is 12.0 Å². The van der Waals surface area contributed by atoms with Gasteiger partial charge in [0, 0.05) is 5.39 Å². The number of ether oxygens (including phenoxy) is 1. The molecule has 2 aromatic rings. The molecule has 22 heavy (non-hydrogen) atoms. The van der Waals surface area contributed by atoms with Gasteiger partial charge in [0.15, 0.2) is 4.58 Å². The summed E-state index contributed by atoms with van der Waals surface area (Å²) in [6, 6.07) is 9.91. The van der Waals surface area contributed by atoms with E-state index in [1.54, 1.807) is 30.3 Å². The lowest BCUT2D eigenvalue weighted by molar-refractivity contribution is -0.117. The van der Waals surface area contributed by atoms with Gasteiger partial charge in [-0.3, -0.25) is 14.9 Å². The van der Waals surface area contributed by atoms with E-state index in [0.29, 0.717) is 28.3 Å². The van der Waals surface area contributed by atoms with E-state index in [0.717, 1.165) is 0 Å². The predicted molar refractivity (Wildman–Crippen MR) is 82.6 cm³/mol.